The molecule has 3 heteroatoms. The van der Waals surface area contributed by atoms with E-state index in [-0.39, 0.29) is 5.92 Å². The summed E-state index contributed by atoms with van der Waals surface area (Å²) in [6, 6.07) is 9.85. The first-order chi connectivity index (χ1) is 8.20. The summed E-state index contributed by atoms with van der Waals surface area (Å²) in [4.78, 5) is 0. The van der Waals surface area contributed by atoms with Crippen LogP contribution in [-0.4, -0.2) is 18.2 Å². The molecule has 3 rings (SSSR count). The molecular formula is C14H17NO2. The fourth-order valence-corrected chi connectivity index (χ4v) is 2.57. The van der Waals surface area contributed by atoms with Gasteiger partial charge < -0.3 is 14.8 Å². The first kappa shape index (κ1) is 10.8. The van der Waals surface area contributed by atoms with E-state index in [1.807, 2.05) is 30.3 Å². The van der Waals surface area contributed by atoms with Crippen LogP contribution in [0.25, 0.3) is 11.0 Å². The molecule has 17 heavy (non-hydrogen) atoms. The normalized spacial score (nSPS) is 29.6. The van der Waals surface area contributed by atoms with Crippen LogP contribution in [-0.2, 0) is 5.60 Å². The van der Waals surface area contributed by atoms with Crippen LogP contribution in [0.1, 0.15) is 19.1 Å². The Hall–Kier alpha value is -1.32. The smallest absolute Gasteiger partial charge is 0.137 e. The molecule has 2 N–H and O–H groups in total. The fraction of sp³-hybridized carbons (Fsp3) is 0.429. The van der Waals surface area contributed by atoms with Gasteiger partial charge in [-0.3, -0.25) is 0 Å². The number of para-hydroxylation sites is 1. The van der Waals surface area contributed by atoms with Gasteiger partial charge in [-0.25, -0.2) is 0 Å². The van der Waals surface area contributed by atoms with Gasteiger partial charge >= 0.3 is 0 Å². The minimum absolute atomic E-state index is 0.164. The Morgan fingerprint density at radius 1 is 1.41 bits per heavy atom. The van der Waals surface area contributed by atoms with Crippen LogP contribution in [0.15, 0.2) is 34.7 Å². The van der Waals surface area contributed by atoms with Crippen LogP contribution in [0.4, 0.5) is 0 Å². The Labute approximate surface area is 100 Å². The Bertz CT molecular complexity index is 501. The molecule has 0 amide bonds. The van der Waals surface area contributed by atoms with Gasteiger partial charge in [-0.05, 0) is 25.1 Å². The van der Waals surface area contributed by atoms with E-state index in [1.165, 1.54) is 0 Å². The van der Waals surface area contributed by atoms with E-state index in [4.69, 9.17) is 4.42 Å². The largest absolute Gasteiger partial charge is 0.458 e. The molecule has 1 fully saturated rings. The minimum atomic E-state index is -0.829. The van der Waals surface area contributed by atoms with Crippen molar-refractivity contribution in [1.82, 2.24) is 5.32 Å². The Morgan fingerprint density at radius 3 is 3.00 bits per heavy atom. The summed E-state index contributed by atoms with van der Waals surface area (Å²) >= 11 is 0. The van der Waals surface area contributed by atoms with Crippen molar-refractivity contribution < 1.29 is 9.52 Å². The van der Waals surface area contributed by atoms with Crippen LogP contribution in [0.5, 0.6) is 0 Å². The standard InChI is InChI=1S/C14H17NO2/c1-10-9-15-7-6-14(10,16)13-8-11-4-2-3-5-12(11)17-13/h2-5,8,10,15-16H,6-7,9H2,1H3. The molecule has 1 aromatic carbocycles. The van der Waals surface area contributed by atoms with Crippen molar-refractivity contribution in [2.24, 2.45) is 5.92 Å². The number of piperidine rings is 1. The maximum absolute atomic E-state index is 10.8. The van der Waals surface area contributed by atoms with Crippen molar-refractivity contribution >= 4 is 11.0 Å². The highest BCUT2D eigenvalue weighted by Gasteiger charge is 2.40. The zero-order chi connectivity index (χ0) is 11.9. The molecule has 3 nitrogen and oxygen atoms in total. The second-order valence-electron chi connectivity index (χ2n) is 4.93. The SMILES string of the molecule is CC1CNCCC1(O)c1cc2ccccc2o1. The first-order valence-corrected chi connectivity index (χ1v) is 6.12. The maximum atomic E-state index is 10.8. The molecule has 2 heterocycles. The van der Waals surface area contributed by atoms with Gasteiger partial charge in [0.2, 0.25) is 0 Å². The lowest BCUT2D eigenvalue weighted by Gasteiger charge is -2.36. The molecule has 1 aromatic heterocycles. The van der Waals surface area contributed by atoms with Gasteiger partial charge in [-0.2, -0.15) is 0 Å². The number of furan rings is 1. The van der Waals surface area contributed by atoms with E-state index in [0.717, 1.165) is 24.1 Å². The first-order valence-electron chi connectivity index (χ1n) is 6.12. The topological polar surface area (TPSA) is 45.4 Å². The summed E-state index contributed by atoms with van der Waals surface area (Å²) in [5, 5.41) is 15.1. The molecule has 90 valence electrons. The second kappa shape index (κ2) is 3.86. The van der Waals surface area contributed by atoms with Gasteiger partial charge in [0, 0.05) is 17.8 Å². The third-order valence-electron chi connectivity index (χ3n) is 3.80. The number of nitrogens with one attached hydrogen (secondary N) is 1. The van der Waals surface area contributed by atoms with Crippen molar-refractivity contribution in [2.45, 2.75) is 18.9 Å². The maximum Gasteiger partial charge on any atom is 0.137 e. The molecule has 0 bridgehead atoms. The Balaban J connectivity index is 2.07. The van der Waals surface area contributed by atoms with E-state index >= 15 is 0 Å². The lowest BCUT2D eigenvalue weighted by atomic mass is 9.81. The quantitative estimate of drug-likeness (QED) is 0.791. The minimum Gasteiger partial charge on any atom is -0.458 e. The van der Waals surface area contributed by atoms with Crippen LogP contribution in [0, 0.1) is 5.92 Å². The van der Waals surface area contributed by atoms with Crippen molar-refractivity contribution in [1.29, 1.82) is 0 Å². The van der Waals surface area contributed by atoms with Crippen LogP contribution >= 0.6 is 0 Å². The van der Waals surface area contributed by atoms with Gasteiger partial charge in [0.05, 0.1) is 0 Å². The van der Waals surface area contributed by atoms with Crippen LogP contribution in [0.3, 0.4) is 0 Å². The Morgan fingerprint density at radius 2 is 2.24 bits per heavy atom. The van der Waals surface area contributed by atoms with Crippen molar-refractivity contribution in [3.05, 3.63) is 36.1 Å². The summed E-state index contributed by atoms with van der Waals surface area (Å²) in [5.41, 5.74) is 0.0197. The van der Waals surface area contributed by atoms with E-state index in [1.54, 1.807) is 0 Å². The number of benzene rings is 1. The van der Waals surface area contributed by atoms with Gasteiger partial charge in [-0.15, -0.1) is 0 Å². The molecule has 0 spiro atoms. The number of hydrogen-bond acceptors (Lipinski definition) is 3. The van der Waals surface area contributed by atoms with Gasteiger partial charge in [-0.1, -0.05) is 25.1 Å². The highest BCUT2D eigenvalue weighted by atomic mass is 16.4. The van der Waals surface area contributed by atoms with E-state index in [9.17, 15) is 5.11 Å². The fourth-order valence-electron chi connectivity index (χ4n) is 2.57. The average molecular weight is 231 g/mol. The van der Waals surface area contributed by atoms with Crippen molar-refractivity contribution in [3.8, 4) is 0 Å². The van der Waals surface area contributed by atoms with E-state index in [0.29, 0.717) is 12.2 Å². The average Bonchev–Trinajstić information content (AvgIpc) is 2.77. The summed E-state index contributed by atoms with van der Waals surface area (Å²) in [5.74, 6) is 0.865. The zero-order valence-electron chi connectivity index (χ0n) is 9.94. The zero-order valence-corrected chi connectivity index (χ0v) is 9.94. The molecule has 2 unspecified atom stereocenters. The molecule has 1 aliphatic heterocycles. The predicted octanol–water partition coefficient (Wildman–Crippen LogP) is 2.25. The molecule has 2 aromatic rings. The van der Waals surface area contributed by atoms with Crippen molar-refractivity contribution in [3.63, 3.8) is 0 Å². The molecule has 2 atom stereocenters. The van der Waals surface area contributed by atoms with Crippen LogP contribution in [0.2, 0.25) is 0 Å². The monoisotopic (exact) mass is 231 g/mol. The summed E-state index contributed by atoms with van der Waals surface area (Å²) in [7, 11) is 0. The number of rotatable bonds is 1. The molecular weight excluding hydrogens is 214 g/mol. The highest BCUT2D eigenvalue weighted by Crippen LogP contribution is 2.37. The van der Waals surface area contributed by atoms with Gasteiger partial charge in [0.25, 0.3) is 0 Å². The lowest BCUT2D eigenvalue weighted by molar-refractivity contribution is -0.0553. The molecule has 1 saturated heterocycles. The molecule has 0 aliphatic carbocycles. The van der Waals surface area contributed by atoms with Crippen molar-refractivity contribution in [2.75, 3.05) is 13.1 Å². The summed E-state index contributed by atoms with van der Waals surface area (Å²) < 4.78 is 5.80. The number of fused-ring (bicyclic) bond motifs is 1. The summed E-state index contributed by atoms with van der Waals surface area (Å²) in [6.07, 6.45) is 0.702. The molecule has 0 radical (unpaired) electrons. The van der Waals surface area contributed by atoms with Gasteiger partial charge in [0.15, 0.2) is 0 Å². The van der Waals surface area contributed by atoms with Gasteiger partial charge in [0.1, 0.15) is 16.9 Å². The third-order valence-corrected chi connectivity index (χ3v) is 3.80. The number of hydrogen-bond donors (Lipinski definition) is 2. The molecule has 0 saturated carbocycles. The second-order valence-corrected chi connectivity index (χ2v) is 4.93. The lowest BCUT2D eigenvalue weighted by Crippen LogP contribution is -2.46. The van der Waals surface area contributed by atoms with Crippen LogP contribution < -0.4 is 5.32 Å². The summed E-state index contributed by atoms with van der Waals surface area (Å²) in [6.45, 7) is 3.71. The predicted molar refractivity (Wildman–Crippen MR) is 66.8 cm³/mol. The van der Waals surface area contributed by atoms with E-state index in [2.05, 4.69) is 12.2 Å². The van der Waals surface area contributed by atoms with E-state index < -0.39 is 5.60 Å². The Kier molecular flexibility index (Phi) is 2.45. The third kappa shape index (κ3) is 1.66. The number of aliphatic hydroxyl groups is 1. The highest BCUT2D eigenvalue weighted by molar-refractivity contribution is 5.77. The molecule has 1 aliphatic rings.